The van der Waals surface area contributed by atoms with Crippen molar-refractivity contribution in [3.05, 3.63) is 64.2 Å². The Morgan fingerprint density at radius 3 is 2.67 bits per heavy atom. The Morgan fingerprint density at radius 1 is 1.11 bits per heavy atom. The summed E-state index contributed by atoms with van der Waals surface area (Å²) in [6, 6.07) is 14.7. The molecule has 0 amide bonds. The van der Waals surface area contributed by atoms with Gasteiger partial charge in [-0.15, -0.1) is 0 Å². The molecule has 1 aliphatic rings. The second-order valence-electron chi connectivity index (χ2n) is 4.64. The zero-order valence-electron chi connectivity index (χ0n) is 10.1. The fourth-order valence-electron chi connectivity index (χ4n) is 2.46. The average molecular weight is 331 g/mol. The summed E-state index contributed by atoms with van der Waals surface area (Å²) in [5.41, 5.74) is 6.80. The summed E-state index contributed by atoms with van der Waals surface area (Å²) in [5.74, 6) is 0. The van der Waals surface area contributed by atoms with Gasteiger partial charge in [0.1, 0.15) is 0 Å². The van der Waals surface area contributed by atoms with Crippen molar-refractivity contribution < 1.29 is 24.7 Å². The number of fused-ring (bicyclic) bond motifs is 1. The molecule has 0 aliphatic heterocycles. The summed E-state index contributed by atoms with van der Waals surface area (Å²) < 4.78 is 0.617. The molecule has 3 rings (SSSR count). The fourth-order valence-corrected chi connectivity index (χ4v) is 3.47. The van der Waals surface area contributed by atoms with Crippen molar-refractivity contribution in [2.75, 3.05) is 0 Å². The van der Waals surface area contributed by atoms with Crippen molar-refractivity contribution in [2.45, 2.75) is 10.5 Å². The van der Waals surface area contributed by atoms with Crippen LogP contribution in [0, 0.1) is 0 Å². The fraction of sp³-hybridized carbons (Fsp3) is 0.125. The van der Waals surface area contributed by atoms with Gasteiger partial charge in [-0.1, -0.05) is 0 Å². The van der Waals surface area contributed by atoms with E-state index >= 15 is 0 Å². The molecule has 0 saturated carbocycles. The molecule has 1 unspecified atom stereocenters. The van der Waals surface area contributed by atoms with Gasteiger partial charge in [-0.25, -0.2) is 0 Å². The second kappa shape index (κ2) is 4.80. The van der Waals surface area contributed by atoms with Crippen LogP contribution in [0.15, 0.2) is 48.0 Å². The molecule has 0 N–H and O–H groups in total. The first-order chi connectivity index (χ1) is 8.66. The molecular formula is C16H12ClZr. The minimum absolute atomic E-state index is 0.617. The van der Waals surface area contributed by atoms with Crippen LogP contribution < -0.4 is 0 Å². The Morgan fingerprint density at radius 2 is 1.89 bits per heavy atom. The number of hydrogen-bond donors (Lipinski definition) is 0. The second-order valence-corrected chi connectivity index (χ2v) is 6.50. The third kappa shape index (κ3) is 2.04. The Kier molecular flexibility index (Phi) is 3.30. The molecule has 2 heteroatoms. The number of allylic oxidation sites excluding steroid dienone is 1. The van der Waals surface area contributed by atoms with Gasteiger partial charge in [-0.3, -0.25) is 0 Å². The summed E-state index contributed by atoms with van der Waals surface area (Å²) in [6.07, 6.45) is 2.32. The maximum atomic E-state index is 6.09. The van der Waals surface area contributed by atoms with Gasteiger partial charge in [0.25, 0.3) is 0 Å². The normalized spacial score (nSPS) is 17.4. The molecule has 1 atom stereocenters. The van der Waals surface area contributed by atoms with Gasteiger partial charge < -0.3 is 0 Å². The quantitative estimate of drug-likeness (QED) is 0.689. The summed E-state index contributed by atoms with van der Waals surface area (Å²) in [5, 5.41) is 0.794. The summed E-state index contributed by atoms with van der Waals surface area (Å²) >= 11 is 7.65. The monoisotopic (exact) mass is 329 g/mol. The van der Waals surface area contributed by atoms with Gasteiger partial charge in [0.15, 0.2) is 0 Å². The van der Waals surface area contributed by atoms with E-state index in [1.165, 1.54) is 27.8 Å². The first-order valence-electron chi connectivity index (χ1n) is 5.95. The molecule has 18 heavy (non-hydrogen) atoms. The summed E-state index contributed by atoms with van der Waals surface area (Å²) in [6.45, 7) is 2.22. The van der Waals surface area contributed by atoms with Crippen molar-refractivity contribution in [2.24, 2.45) is 0 Å². The average Bonchev–Trinajstić information content (AvgIpc) is 2.65. The Bertz CT molecular complexity index is 643. The van der Waals surface area contributed by atoms with E-state index in [-0.39, 0.29) is 0 Å². The molecule has 0 nitrogen and oxygen atoms in total. The Balaban J connectivity index is 2.21. The van der Waals surface area contributed by atoms with E-state index in [0.29, 0.717) is 3.63 Å². The van der Waals surface area contributed by atoms with E-state index in [9.17, 15) is 0 Å². The van der Waals surface area contributed by atoms with Gasteiger partial charge in [-0.05, 0) is 0 Å². The molecule has 0 radical (unpaired) electrons. The first kappa shape index (κ1) is 12.4. The zero-order valence-corrected chi connectivity index (χ0v) is 13.3. The van der Waals surface area contributed by atoms with Crippen LogP contribution in [0.1, 0.15) is 21.7 Å². The zero-order chi connectivity index (χ0) is 12.7. The molecule has 87 valence electrons. The molecule has 2 aromatic rings. The Hall–Kier alpha value is -0.647. The standard InChI is InChI=1S/C16H12Cl.Zr/c1-11-8-12-5-3-7-15(16(12)9-11)13-4-2-6-14(17)10-13;/h2-10H,1H3;. The molecule has 2 aromatic carbocycles. The van der Waals surface area contributed by atoms with Gasteiger partial charge in [0, 0.05) is 0 Å². The maximum absolute atomic E-state index is 6.09. The van der Waals surface area contributed by atoms with Crippen LogP contribution in [0.5, 0.6) is 0 Å². The van der Waals surface area contributed by atoms with Gasteiger partial charge in [0.05, 0.1) is 0 Å². The van der Waals surface area contributed by atoms with Crippen LogP contribution in [-0.2, 0) is 24.7 Å². The van der Waals surface area contributed by atoms with Gasteiger partial charge in [0.2, 0.25) is 0 Å². The van der Waals surface area contributed by atoms with Crippen LogP contribution in [0.4, 0.5) is 0 Å². The van der Waals surface area contributed by atoms with E-state index in [1.54, 1.807) is 24.7 Å². The van der Waals surface area contributed by atoms with Crippen molar-refractivity contribution in [1.29, 1.82) is 0 Å². The number of halogens is 1. The van der Waals surface area contributed by atoms with Crippen LogP contribution in [0.25, 0.3) is 17.2 Å². The SMILES string of the molecule is CC1=Cc2c(-c3cccc(Cl)c3)cccc2[CH]1[Zr]. The minimum atomic E-state index is 0.617. The number of hydrogen-bond acceptors (Lipinski definition) is 0. The van der Waals surface area contributed by atoms with E-state index in [2.05, 4.69) is 37.3 Å². The van der Waals surface area contributed by atoms with Gasteiger partial charge >= 0.3 is 128 Å². The van der Waals surface area contributed by atoms with Crippen molar-refractivity contribution >= 4 is 17.7 Å². The number of rotatable bonds is 1. The predicted octanol–water partition coefficient (Wildman–Crippen LogP) is 5.01. The molecule has 0 aromatic heterocycles. The first-order valence-corrected chi connectivity index (χ1v) is 7.74. The molecule has 1 aliphatic carbocycles. The molecule has 0 bridgehead atoms. The molecular weight excluding hydrogens is 319 g/mol. The van der Waals surface area contributed by atoms with E-state index in [4.69, 9.17) is 11.6 Å². The predicted molar refractivity (Wildman–Crippen MR) is 73.3 cm³/mol. The third-order valence-electron chi connectivity index (χ3n) is 3.41. The van der Waals surface area contributed by atoms with Crippen LogP contribution in [-0.4, -0.2) is 0 Å². The van der Waals surface area contributed by atoms with Crippen molar-refractivity contribution in [3.8, 4) is 11.1 Å². The summed E-state index contributed by atoms with van der Waals surface area (Å²) in [4.78, 5) is 0. The topological polar surface area (TPSA) is 0 Å². The Labute approximate surface area is 128 Å². The molecule has 0 fully saturated rings. The van der Waals surface area contributed by atoms with Crippen LogP contribution in [0.2, 0.25) is 5.02 Å². The van der Waals surface area contributed by atoms with Crippen molar-refractivity contribution in [1.82, 2.24) is 0 Å². The van der Waals surface area contributed by atoms with E-state index in [1.807, 2.05) is 18.2 Å². The van der Waals surface area contributed by atoms with Crippen molar-refractivity contribution in [3.63, 3.8) is 0 Å². The third-order valence-corrected chi connectivity index (χ3v) is 5.53. The van der Waals surface area contributed by atoms with Crippen LogP contribution >= 0.6 is 11.6 Å². The van der Waals surface area contributed by atoms with Gasteiger partial charge in [-0.2, -0.15) is 0 Å². The summed E-state index contributed by atoms with van der Waals surface area (Å²) in [7, 11) is 0. The molecule has 0 spiro atoms. The number of benzene rings is 2. The van der Waals surface area contributed by atoms with Crippen LogP contribution in [0.3, 0.4) is 0 Å². The van der Waals surface area contributed by atoms with E-state index < -0.39 is 0 Å². The molecule has 0 heterocycles. The molecule has 0 saturated heterocycles. The van der Waals surface area contributed by atoms with E-state index in [0.717, 1.165) is 5.02 Å².